The Kier molecular flexibility index (Phi) is 5.16. The number of rotatable bonds is 9. The fraction of sp³-hybridized carbons (Fsp3) is 0.769. The van der Waals surface area contributed by atoms with Crippen molar-refractivity contribution in [2.45, 2.75) is 25.9 Å². The van der Waals surface area contributed by atoms with E-state index in [1.54, 1.807) is 0 Å². The summed E-state index contributed by atoms with van der Waals surface area (Å²) in [6.45, 7) is 5.07. The SMILES string of the molecule is CN(CCOCC1CC1)Cc1cn(CCN)cn1. The average Bonchev–Trinajstić information content (AvgIpc) is 3.07. The van der Waals surface area contributed by atoms with Crippen LogP contribution in [0.3, 0.4) is 0 Å². The van der Waals surface area contributed by atoms with Crippen molar-refractivity contribution in [1.82, 2.24) is 14.5 Å². The molecule has 0 unspecified atom stereocenters. The van der Waals surface area contributed by atoms with Crippen molar-refractivity contribution < 1.29 is 4.74 Å². The predicted molar refractivity (Wildman–Crippen MR) is 71.2 cm³/mol. The maximum absolute atomic E-state index is 5.63. The first kappa shape index (κ1) is 13.5. The molecule has 2 N–H and O–H groups in total. The predicted octanol–water partition coefficient (Wildman–Crippen LogP) is 0.700. The van der Waals surface area contributed by atoms with Gasteiger partial charge in [0.05, 0.1) is 18.6 Å². The molecule has 0 atom stereocenters. The van der Waals surface area contributed by atoms with Gasteiger partial charge in [-0.2, -0.15) is 0 Å². The first-order valence-electron chi connectivity index (χ1n) is 6.75. The number of ether oxygens (including phenoxy) is 1. The van der Waals surface area contributed by atoms with Crippen LogP contribution in [0.2, 0.25) is 0 Å². The minimum atomic E-state index is 0.653. The van der Waals surface area contributed by atoms with E-state index in [0.29, 0.717) is 6.54 Å². The van der Waals surface area contributed by atoms with E-state index in [2.05, 4.69) is 23.1 Å². The third-order valence-corrected chi connectivity index (χ3v) is 3.17. The number of hydrogen-bond donors (Lipinski definition) is 1. The Morgan fingerprint density at radius 1 is 1.56 bits per heavy atom. The molecule has 1 aliphatic carbocycles. The highest BCUT2D eigenvalue weighted by Gasteiger charge is 2.20. The van der Waals surface area contributed by atoms with Crippen molar-refractivity contribution in [2.75, 3.05) is 33.4 Å². The summed E-state index contributed by atoms with van der Waals surface area (Å²) in [7, 11) is 2.10. The summed E-state index contributed by atoms with van der Waals surface area (Å²) in [4.78, 5) is 6.60. The van der Waals surface area contributed by atoms with Gasteiger partial charge in [-0.15, -0.1) is 0 Å². The largest absolute Gasteiger partial charge is 0.380 e. The molecule has 0 radical (unpaired) electrons. The smallest absolute Gasteiger partial charge is 0.0950 e. The van der Waals surface area contributed by atoms with Gasteiger partial charge in [-0.05, 0) is 25.8 Å². The zero-order chi connectivity index (χ0) is 12.8. The van der Waals surface area contributed by atoms with Gasteiger partial charge in [-0.25, -0.2) is 4.98 Å². The summed E-state index contributed by atoms with van der Waals surface area (Å²) in [6.07, 6.45) is 6.62. The van der Waals surface area contributed by atoms with Gasteiger partial charge in [-0.1, -0.05) is 0 Å². The third kappa shape index (κ3) is 4.76. The van der Waals surface area contributed by atoms with Crippen LogP contribution in [0.5, 0.6) is 0 Å². The lowest BCUT2D eigenvalue weighted by atomic mass is 10.4. The van der Waals surface area contributed by atoms with E-state index in [9.17, 15) is 0 Å². The van der Waals surface area contributed by atoms with Crippen molar-refractivity contribution in [2.24, 2.45) is 11.7 Å². The van der Waals surface area contributed by atoms with Crippen LogP contribution in [-0.4, -0.2) is 47.8 Å². The minimum Gasteiger partial charge on any atom is -0.380 e. The second kappa shape index (κ2) is 6.87. The highest BCUT2D eigenvalue weighted by molar-refractivity contribution is 4.96. The lowest BCUT2D eigenvalue weighted by Crippen LogP contribution is -2.23. The first-order valence-corrected chi connectivity index (χ1v) is 6.75. The van der Waals surface area contributed by atoms with E-state index in [-0.39, 0.29) is 0 Å². The van der Waals surface area contributed by atoms with Crippen LogP contribution in [0.25, 0.3) is 0 Å². The fourth-order valence-corrected chi connectivity index (χ4v) is 1.87. The van der Waals surface area contributed by atoms with Crippen LogP contribution in [0.4, 0.5) is 0 Å². The van der Waals surface area contributed by atoms with Crippen LogP contribution in [0.15, 0.2) is 12.5 Å². The third-order valence-electron chi connectivity index (χ3n) is 3.17. The zero-order valence-corrected chi connectivity index (χ0v) is 11.2. The van der Waals surface area contributed by atoms with Crippen molar-refractivity contribution in [3.05, 3.63) is 18.2 Å². The van der Waals surface area contributed by atoms with Crippen molar-refractivity contribution >= 4 is 0 Å². The molecule has 0 amide bonds. The number of nitrogens with zero attached hydrogens (tertiary/aromatic N) is 3. The van der Waals surface area contributed by atoms with Crippen LogP contribution < -0.4 is 5.73 Å². The van der Waals surface area contributed by atoms with Gasteiger partial charge in [0.25, 0.3) is 0 Å². The van der Waals surface area contributed by atoms with E-state index in [1.807, 2.05) is 10.9 Å². The molecular weight excluding hydrogens is 228 g/mol. The first-order chi connectivity index (χ1) is 8.78. The zero-order valence-electron chi connectivity index (χ0n) is 11.2. The minimum absolute atomic E-state index is 0.653. The molecule has 5 nitrogen and oxygen atoms in total. The van der Waals surface area contributed by atoms with E-state index in [4.69, 9.17) is 10.5 Å². The van der Waals surface area contributed by atoms with Gasteiger partial charge in [0.2, 0.25) is 0 Å². The lowest BCUT2D eigenvalue weighted by molar-refractivity contribution is 0.101. The highest BCUT2D eigenvalue weighted by Crippen LogP contribution is 2.28. The summed E-state index contributed by atoms with van der Waals surface area (Å²) in [5.74, 6) is 0.849. The maximum Gasteiger partial charge on any atom is 0.0950 e. The van der Waals surface area contributed by atoms with Crippen LogP contribution >= 0.6 is 0 Å². The van der Waals surface area contributed by atoms with Gasteiger partial charge in [0.1, 0.15) is 0 Å². The van der Waals surface area contributed by atoms with E-state index < -0.39 is 0 Å². The Labute approximate surface area is 109 Å². The maximum atomic E-state index is 5.63. The van der Waals surface area contributed by atoms with Gasteiger partial charge in [0.15, 0.2) is 0 Å². The number of nitrogens with two attached hydrogens (primary N) is 1. The van der Waals surface area contributed by atoms with Crippen LogP contribution in [0, 0.1) is 5.92 Å². The summed E-state index contributed by atoms with van der Waals surface area (Å²) in [5.41, 5.74) is 6.60. The summed E-state index contributed by atoms with van der Waals surface area (Å²) >= 11 is 0. The molecule has 1 aromatic rings. The van der Waals surface area contributed by atoms with Gasteiger partial charge < -0.3 is 15.0 Å². The highest BCUT2D eigenvalue weighted by atomic mass is 16.5. The number of hydrogen-bond acceptors (Lipinski definition) is 4. The molecular formula is C13H24N4O. The molecule has 0 spiro atoms. The lowest BCUT2D eigenvalue weighted by Gasteiger charge is -2.15. The fourth-order valence-electron chi connectivity index (χ4n) is 1.87. The molecule has 0 saturated heterocycles. The molecule has 102 valence electrons. The molecule has 1 heterocycles. The second-order valence-corrected chi connectivity index (χ2v) is 5.15. The monoisotopic (exact) mass is 252 g/mol. The molecule has 1 saturated carbocycles. The van der Waals surface area contributed by atoms with Gasteiger partial charge >= 0.3 is 0 Å². The molecule has 5 heteroatoms. The Bertz CT molecular complexity index is 349. The Hall–Kier alpha value is -0.910. The van der Waals surface area contributed by atoms with Crippen LogP contribution in [0.1, 0.15) is 18.5 Å². The summed E-state index contributed by atoms with van der Waals surface area (Å²) in [6, 6.07) is 0. The number of aromatic nitrogens is 2. The molecule has 1 fully saturated rings. The van der Waals surface area contributed by atoms with Gasteiger partial charge in [-0.3, -0.25) is 4.90 Å². The Balaban J connectivity index is 1.60. The van der Waals surface area contributed by atoms with Gasteiger partial charge in [0, 0.05) is 39.0 Å². The summed E-state index contributed by atoms with van der Waals surface area (Å²) in [5, 5.41) is 0. The normalized spacial score (nSPS) is 15.5. The van der Waals surface area contributed by atoms with E-state index >= 15 is 0 Å². The molecule has 18 heavy (non-hydrogen) atoms. The number of imidazole rings is 1. The molecule has 0 aliphatic heterocycles. The molecule has 0 aromatic carbocycles. The van der Waals surface area contributed by atoms with E-state index in [1.165, 1.54) is 12.8 Å². The molecule has 0 bridgehead atoms. The molecule has 2 rings (SSSR count). The number of likely N-dealkylation sites (N-methyl/N-ethyl adjacent to an activating group) is 1. The second-order valence-electron chi connectivity index (χ2n) is 5.15. The summed E-state index contributed by atoms with van der Waals surface area (Å²) < 4.78 is 7.66. The standard InChI is InChI=1S/C13H24N4O/c1-16(6-7-18-10-12-2-3-12)8-13-9-17(5-4-14)11-15-13/h9,11-12H,2-8,10,14H2,1H3. The average molecular weight is 252 g/mol. The molecule has 1 aromatic heterocycles. The molecule has 1 aliphatic rings. The quantitative estimate of drug-likeness (QED) is 0.657. The Morgan fingerprint density at radius 2 is 2.39 bits per heavy atom. The van der Waals surface area contributed by atoms with Crippen molar-refractivity contribution in [3.8, 4) is 0 Å². The Morgan fingerprint density at radius 3 is 3.11 bits per heavy atom. The van der Waals surface area contributed by atoms with Crippen molar-refractivity contribution in [1.29, 1.82) is 0 Å². The van der Waals surface area contributed by atoms with E-state index in [0.717, 1.165) is 44.5 Å². The van der Waals surface area contributed by atoms with Crippen molar-refractivity contribution in [3.63, 3.8) is 0 Å². The topological polar surface area (TPSA) is 56.3 Å². The van der Waals surface area contributed by atoms with Crippen LogP contribution in [-0.2, 0) is 17.8 Å².